The minimum atomic E-state index is 0.355. The Balaban J connectivity index is 2.30. The van der Waals surface area contributed by atoms with Crippen LogP contribution in [0.3, 0.4) is 0 Å². The molecule has 1 aliphatic rings. The van der Waals surface area contributed by atoms with Gasteiger partial charge in [-0.25, -0.2) is 0 Å². The first-order valence-corrected chi connectivity index (χ1v) is 6.72. The third kappa shape index (κ3) is 5.28. The van der Waals surface area contributed by atoms with Gasteiger partial charge in [-0.3, -0.25) is 0 Å². The predicted octanol–water partition coefficient (Wildman–Crippen LogP) is 1.73. The number of methoxy groups -OCH3 is 1. The van der Waals surface area contributed by atoms with Crippen LogP contribution in [-0.2, 0) is 4.74 Å². The lowest BCUT2D eigenvalue weighted by atomic mass is 9.97. The molecule has 0 amide bonds. The first kappa shape index (κ1) is 13.9. The van der Waals surface area contributed by atoms with Crippen LogP contribution in [0, 0.1) is 5.92 Å². The molecule has 3 heteroatoms. The van der Waals surface area contributed by atoms with E-state index < -0.39 is 0 Å². The Morgan fingerprint density at radius 2 is 2.06 bits per heavy atom. The van der Waals surface area contributed by atoms with Gasteiger partial charge in [0.2, 0.25) is 0 Å². The van der Waals surface area contributed by atoms with Crippen LogP contribution in [0.15, 0.2) is 0 Å². The summed E-state index contributed by atoms with van der Waals surface area (Å²) in [6.45, 7) is 10.3. The summed E-state index contributed by atoms with van der Waals surface area (Å²) in [4.78, 5) is 2.57. The number of ether oxygens (including phenoxy) is 1. The molecule has 0 aliphatic carbocycles. The Kier molecular flexibility index (Phi) is 7.01. The van der Waals surface area contributed by atoms with Gasteiger partial charge < -0.3 is 15.0 Å². The van der Waals surface area contributed by atoms with Crippen molar-refractivity contribution in [1.29, 1.82) is 0 Å². The fourth-order valence-corrected chi connectivity index (χ4v) is 2.44. The van der Waals surface area contributed by atoms with E-state index in [9.17, 15) is 0 Å². The van der Waals surface area contributed by atoms with Gasteiger partial charge in [0, 0.05) is 20.2 Å². The van der Waals surface area contributed by atoms with Crippen molar-refractivity contribution in [3.63, 3.8) is 0 Å². The molecule has 1 fully saturated rings. The summed E-state index contributed by atoms with van der Waals surface area (Å²) in [6.07, 6.45) is 4.26. The number of hydrogen-bond acceptors (Lipinski definition) is 3. The Hall–Kier alpha value is -0.120. The van der Waals surface area contributed by atoms with E-state index in [0.717, 1.165) is 12.5 Å². The van der Waals surface area contributed by atoms with Crippen LogP contribution in [0.25, 0.3) is 0 Å². The highest BCUT2D eigenvalue weighted by atomic mass is 16.5. The highest BCUT2D eigenvalue weighted by Gasteiger charge is 2.17. The van der Waals surface area contributed by atoms with E-state index in [4.69, 9.17) is 4.74 Å². The van der Waals surface area contributed by atoms with Gasteiger partial charge in [-0.1, -0.05) is 6.92 Å². The van der Waals surface area contributed by atoms with E-state index in [1.807, 2.05) is 0 Å². The van der Waals surface area contributed by atoms with E-state index in [2.05, 4.69) is 24.1 Å². The van der Waals surface area contributed by atoms with Crippen molar-refractivity contribution >= 4 is 0 Å². The van der Waals surface area contributed by atoms with Crippen LogP contribution in [0.2, 0.25) is 0 Å². The van der Waals surface area contributed by atoms with E-state index in [1.165, 1.54) is 45.4 Å². The largest absolute Gasteiger partial charge is 0.380 e. The second-order valence-electron chi connectivity index (χ2n) is 5.00. The molecule has 1 N–H and O–H groups in total. The zero-order valence-electron chi connectivity index (χ0n) is 11.2. The zero-order chi connectivity index (χ0) is 11.8. The monoisotopic (exact) mass is 228 g/mol. The average Bonchev–Trinajstić information content (AvgIpc) is 2.30. The van der Waals surface area contributed by atoms with Crippen molar-refractivity contribution in [1.82, 2.24) is 10.2 Å². The molecule has 1 saturated heterocycles. The summed E-state index contributed by atoms with van der Waals surface area (Å²) in [5, 5.41) is 3.43. The van der Waals surface area contributed by atoms with Gasteiger partial charge in [0.25, 0.3) is 0 Å². The summed E-state index contributed by atoms with van der Waals surface area (Å²) in [7, 11) is 1.80. The third-order valence-electron chi connectivity index (χ3n) is 3.43. The van der Waals surface area contributed by atoms with Gasteiger partial charge in [-0.05, 0) is 51.7 Å². The molecule has 1 atom stereocenters. The Morgan fingerprint density at radius 1 is 1.38 bits per heavy atom. The fraction of sp³-hybridized carbons (Fsp3) is 1.00. The van der Waals surface area contributed by atoms with Crippen molar-refractivity contribution in [3.05, 3.63) is 0 Å². The molecule has 1 aliphatic heterocycles. The van der Waals surface area contributed by atoms with Crippen molar-refractivity contribution in [2.75, 3.05) is 39.8 Å². The van der Waals surface area contributed by atoms with Crippen LogP contribution in [0.4, 0.5) is 0 Å². The molecular weight excluding hydrogens is 200 g/mol. The highest BCUT2D eigenvalue weighted by Crippen LogP contribution is 2.14. The lowest BCUT2D eigenvalue weighted by molar-refractivity contribution is 0.0684. The number of rotatable bonds is 7. The smallest absolute Gasteiger partial charge is 0.0670 e. The maximum Gasteiger partial charge on any atom is 0.0670 e. The molecule has 1 unspecified atom stereocenters. The van der Waals surface area contributed by atoms with Crippen molar-refractivity contribution in [3.8, 4) is 0 Å². The summed E-state index contributed by atoms with van der Waals surface area (Å²) in [6, 6.07) is 0. The van der Waals surface area contributed by atoms with Gasteiger partial charge in [0.1, 0.15) is 0 Å². The van der Waals surface area contributed by atoms with E-state index >= 15 is 0 Å². The SMILES string of the molecule is CCCN(CC1CCNCC1)CC(C)OC. The number of hydrogen-bond donors (Lipinski definition) is 1. The third-order valence-corrected chi connectivity index (χ3v) is 3.43. The van der Waals surface area contributed by atoms with Crippen LogP contribution in [-0.4, -0.2) is 50.8 Å². The van der Waals surface area contributed by atoms with Crippen LogP contribution < -0.4 is 5.32 Å². The molecule has 0 bridgehead atoms. The van der Waals surface area contributed by atoms with E-state index in [-0.39, 0.29) is 0 Å². The van der Waals surface area contributed by atoms with Crippen molar-refractivity contribution in [2.45, 2.75) is 39.2 Å². The zero-order valence-corrected chi connectivity index (χ0v) is 11.2. The standard InChI is InChI=1S/C13H28N2O/c1-4-9-15(10-12(2)16-3)11-13-5-7-14-8-6-13/h12-14H,4-11H2,1-3H3. The molecule has 96 valence electrons. The molecule has 0 saturated carbocycles. The van der Waals surface area contributed by atoms with Crippen molar-refractivity contribution < 1.29 is 4.74 Å². The number of nitrogens with zero attached hydrogens (tertiary/aromatic N) is 1. The van der Waals surface area contributed by atoms with Gasteiger partial charge in [0.05, 0.1) is 6.10 Å². The lowest BCUT2D eigenvalue weighted by Gasteiger charge is -2.31. The Labute approximate surface area is 101 Å². The number of piperidine rings is 1. The van der Waals surface area contributed by atoms with Gasteiger partial charge in [0.15, 0.2) is 0 Å². The summed E-state index contributed by atoms with van der Waals surface area (Å²) in [5.74, 6) is 0.886. The highest BCUT2D eigenvalue weighted by molar-refractivity contribution is 4.73. The lowest BCUT2D eigenvalue weighted by Crippen LogP contribution is -2.39. The normalized spacial score (nSPS) is 20.2. The molecule has 16 heavy (non-hydrogen) atoms. The maximum atomic E-state index is 5.36. The minimum absolute atomic E-state index is 0.355. The van der Waals surface area contributed by atoms with Crippen LogP contribution >= 0.6 is 0 Å². The second kappa shape index (κ2) is 8.04. The predicted molar refractivity (Wildman–Crippen MR) is 68.8 cm³/mol. The Morgan fingerprint density at radius 3 is 2.62 bits per heavy atom. The van der Waals surface area contributed by atoms with E-state index in [1.54, 1.807) is 7.11 Å². The summed E-state index contributed by atoms with van der Waals surface area (Å²) >= 11 is 0. The topological polar surface area (TPSA) is 24.5 Å². The van der Waals surface area contributed by atoms with Gasteiger partial charge >= 0.3 is 0 Å². The first-order chi connectivity index (χ1) is 7.76. The molecule has 0 aromatic heterocycles. The fourth-order valence-electron chi connectivity index (χ4n) is 2.44. The molecule has 1 heterocycles. The second-order valence-corrected chi connectivity index (χ2v) is 5.00. The van der Waals surface area contributed by atoms with Crippen LogP contribution in [0.5, 0.6) is 0 Å². The average molecular weight is 228 g/mol. The molecule has 0 radical (unpaired) electrons. The molecular formula is C13H28N2O. The van der Waals surface area contributed by atoms with E-state index in [0.29, 0.717) is 6.10 Å². The molecule has 0 aromatic rings. The minimum Gasteiger partial charge on any atom is -0.380 e. The number of nitrogens with one attached hydrogen (secondary N) is 1. The molecule has 1 rings (SSSR count). The molecule has 0 aromatic carbocycles. The first-order valence-electron chi connectivity index (χ1n) is 6.72. The summed E-state index contributed by atoms with van der Waals surface area (Å²) < 4.78 is 5.36. The molecule has 0 spiro atoms. The van der Waals surface area contributed by atoms with Crippen LogP contribution in [0.1, 0.15) is 33.1 Å². The van der Waals surface area contributed by atoms with Crippen molar-refractivity contribution in [2.24, 2.45) is 5.92 Å². The van der Waals surface area contributed by atoms with Gasteiger partial charge in [-0.15, -0.1) is 0 Å². The Bertz CT molecular complexity index is 169. The maximum absolute atomic E-state index is 5.36. The molecule has 3 nitrogen and oxygen atoms in total. The quantitative estimate of drug-likeness (QED) is 0.718. The summed E-state index contributed by atoms with van der Waals surface area (Å²) in [5.41, 5.74) is 0. The van der Waals surface area contributed by atoms with Gasteiger partial charge in [-0.2, -0.15) is 0 Å².